The number of carbonyl (C=O) groups excluding carboxylic acids is 1. The normalized spacial score (nSPS) is 11.7. The third-order valence-corrected chi connectivity index (χ3v) is 8.30. The molecule has 0 fully saturated rings. The summed E-state index contributed by atoms with van der Waals surface area (Å²) in [7, 11) is -3.43. The van der Waals surface area contributed by atoms with Crippen molar-refractivity contribution in [2.24, 2.45) is 0 Å². The molecule has 7 aromatic rings. The van der Waals surface area contributed by atoms with Crippen LogP contribution in [0.3, 0.4) is 0 Å². The molecular formula is C35H27FN6O3S. The van der Waals surface area contributed by atoms with E-state index in [0.717, 1.165) is 44.9 Å². The number of hydrogen-bond acceptors (Lipinski definition) is 5. The van der Waals surface area contributed by atoms with Crippen molar-refractivity contribution in [1.29, 1.82) is 0 Å². The highest BCUT2D eigenvalue weighted by molar-refractivity contribution is 7.88. The smallest absolute Gasteiger partial charge is 0.255 e. The zero-order chi connectivity index (χ0) is 31.8. The Morgan fingerprint density at radius 3 is 2.50 bits per heavy atom. The number of fused-ring (bicyclic) bond motifs is 2. The minimum absolute atomic E-state index is 0.0190. The molecule has 0 unspecified atom stereocenters. The number of aromatic amines is 2. The summed E-state index contributed by atoms with van der Waals surface area (Å²) >= 11 is 0. The summed E-state index contributed by atoms with van der Waals surface area (Å²) < 4.78 is 40.3. The monoisotopic (exact) mass is 630 g/mol. The molecule has 7 rings (SSSR count). The molecule has 46 heavy (non-hydrogen) atoms. The molecule has 0 aliphatic heterocycles. The van der Waals surface area contributed by atoms with Gasteiger partial charge in [0.2, 0.25) is 10.0 Å². The SMILES string of the molecule is CS(=O)(=O)NCc1cc(F)cc(-c2cccc3[nH]c(-c4n[nH]c5ncc(-c6cccc(NC(=O)c7ccccc7)c6)cc45)cc23)c1. The van der Waals surface area contributed by atoms with Gasteiger partial charge >= 0.3 is 0 Å². The van der Waals surface area contributed by atoms with E-state index < -0.39 is 15.8 Å². The molecule has 3 heterocycles. The number of aromatic nitrogens is 4. The molecular weight excluding hydrogens is 603 g/mol. The molecule has 0 saturated carbocycles. The number of nitrogens with zero attached hydrogens (tertiary/aromatic N) is 2. The molecule has 0 radical (unpaired) electrons. The molecule has 1 amide bonds. The Morgan fingerprint density at radius 1 is 0.848 bits per heavy atom. The second-order valence-electron chi connectivity index (χ2n) is 11.0. The van der Waals surface area contributed by atoms with Gasteiger partial charge in [-0.2, -0.15) is 5.10 Å². The van der Waals surface area contributed by atoms with E-state index in [0.29, 0.717) is 33.7 Å². The first-order valence-corrected chi connectivity index (χ1v) is 16.3. The van der Waals surface area contributed by atoms with Crippen LogP contribution in [0.5, 0.6) is 0 Å². The molecule has 0 atom stereocenters. The summed E-state index contributed by atoms with van der Waals surface area (Å²) in [5.41, 5.74) is 7.71. The number of benzene rings is 4. The number of hydrogen-bond donors (Lipinski definition) is 4. The van der Waals surface area contributed by atoms with Gasteiger partial charge < -0.3 is 10.3 Å². The molecule has 9 nitrogen and oxygen atoms in total. The Labute approximate surface area is 263 Å². The first kappa shape index (κ1) is 29.1. The quantitative estimate of drug-likeness (QED) is 0.145. The van der Waals surface area contributed by atoms with Crippen molar-refractivity contribution in [2.75, 3.05) is 11.6 Å². The Bertz CT molecular complexity index is 2370. The lowest BCUT2D eigenvalue weighted by molar-refractivity contribution is 0.102. The van der Waals surface area contributed by atoms with E-state index in [4.69, 9.17) is 0 Å². The van der Waals surface area contributed by atoms with Crippen LogP contribution in [0.15, 0.2) is 109 Å². The van der Waals surface area contributed by atoms with Crippen molar-refractivity contribution in [3.8, 4) is 33.6 Å². The second kappa shape index (κ2) is 11.7. The van der Waals surface area contributed by atoms with Crippen LogP contribution in [-0.4, -0.2) is 40.7 Å². The predicted octanol–water partition coefficient (Wildman–Crippen LogP) is 6.88. The Kier molecular flexibility index (Phi) is 7.39. The molecule has 0 aliphatic carbocycles. The van der Waals surface area contributed by atoms with Crippen molar-refractivity contribution < 1.29 is 17.6 Å². The van der Waals surface area contributed by atoms with Gasteiger partial charge in [0.1, 0.15) is 11.5 Å². The number of H-pyrrole nitrogens is 2. The lowest BCUT2D eigenvalue weighted by Gasteiger charge is -2.08. The van der Waals surface area contributed by atoms with Crippen LogP contribution in [0.25, 0.3) is 55.6 Å². The van der Waals surface area contributed by atoms with E-state index in [1.54, 1.807) is 24.4 Å². The van der Waals surface area contributed by atoms with Crippen LogP contribution in [0.1, 0.15) is 15.9 Å². The minimum Gasteiger partial charge on any atom is -0.353 e. The highest BCUT2D eigenvalue weighted by Crippen LogP contribution is 2.35. The number of anilines is 1. The highest BCUT2D eigenvalue weighted by atomic mass is 32.2. The number of amides is 1. The molecule has 0 saturated heterocycles. The zero-order valence-electron chi connectivity index (χ0n) is 24.5. The Hall–Kier alpha value is -5.65. The number of sulfonamides is 1. The maximum atomic E-state index is 14.7. The molecule has 0 aliphatic rings. The summed E-state index contributed by atoms with van der Waals surface area (Å²) in [6.07, 6.45) is 2.82. The maximum absolute atomic E-state index is 14.7. The second-order valence-corrected chi connectivity index (χ2v) is 12.8. The van der Waals surface area contributed by atoms with Gasteiger partial charge in [0.25, 0.3) is 5.91 Å². The number of nitrogens with one attached hydrogen (secondary N) is 4. The summed E-state index contributed by atoms with van der Waals surface area (Å²) in [6, 6.07) is 30.8. The molecule has 0 bridgehead atoms. The first-order chi connectivity index (χ1) is 22.2. The van der Waals surface area contributed by atoms with Crippen LogP contribution in [0.2, 0.25) is 0 Å². The third-order valence-electron chi connectivity index (χ3n) is 7.63. The standard InChI is InChI=1S/C35H27FN6O3S/c1-46(44,45)38-19-21-13-24(15-26(36)14-21)28-11-6-12-31-29(28)18-32(40-31)33-30-17-25(20-37-34(30)42-41-33)23-9-5-10-27(16-23)39-35(43)22-7-3-2-4-8-22/h2-18,20,38,40H,19H2,1H3,(H,39,43)(H,37,41,42). The van der Waals surface area contributed by atoms with Crippen molar-refractivity contribution in [3.05, 3.63) is 126 Å². The fourth-order valence-electron chi connectivity index (χ4n) is 5.49. The van der Waals surface area contributed by atoms with E-state index in [2.05, 4.69) is 30.2 Å². The fraction of sp³-hybridized carbons (Fsp3) is 0.0571. The lowest BCUT2D eigenvalue weighted by Crippen LogP contribution is -2.21. The van der Waals surface area contributed by atoms with E-state index in [1.807, 2.05) is 72.8 Å². The van der Waals surface area contributed by atoms with Crippen molar-refractivity contribution in [3.63, 3.8) is 0 Å². The molecule has 4 N–H and O–H groups in total. The van der Waals surface area contributed by atoms with Gasteiger partial charge in [-0.05, 0) is 82.9 Å². The number of pyridine rings is 1. The number of rotatable bonds is 8. The summed E-state index contributed by atoms with van der Waals surface area (Å²) in [5.74, 6) is -0.655. The summed E-state index contributed by atoms with van der Waals surface area (Å²) in [6.45, 7) is -0.0190. The summed E-state index contributed by atoms with van der Waals surface area (Å²) in [5, 5.41) is 12.2. The largest absolute Gasteiger partial charge is 0.353 e. The minimum atomic E-state index is -3.43. The molecule has 3 aromatic heterocycles. The van der Waals surface area contributed by atoms with E-state index in [1.165, 1.54) is 12.1 Å². The average molecular weight is 631 g/mol. The van der Waals surface area contributed by atoms with Crippen LogP contribution in [0, 0.1) is 5.82 Å². The Balaban J connectivity index is 1.22. The zero-order valence-corrected chi connectivity index (χ0v) is 25.3. The predicted molar refractivity (Wildman–Crippen MR) is 178 cm³/mol. The number of carbonyl (C=O) groups is 1. The van der Waals surface area contributed by atoms with Crippen LogP contribution in [0.4, 0.5) is 10.1 Å². The molecule has 4 aromatic carbocycles. The van der Waals surface area contributed by atoms with Crippen LogP contribution < -0.4 is 10.0 Å². The fourth-order valence-corrected chi connectivity index (χ4v) is 5.92. The third kappa shape index (κ3) is 6.01. The van der Waals surface area contributed by atoms with Crippen molar-refractivity contribution >= 4 is 43.6 Å². The maximum Gasteiger partial charge on any atom is 0.255 e. The average Bonchev–Trinajstić information content (AvgIpc) is 3.68. The topological polar surface area (TPSA) is 133 Å². The van der Waals surface area contributed by atoms with Crippen molar-refractivity contribution in [2.45, 2.75) is 6.54 Å². The van der Waals surface area contributed by atoms with Crippen LogP contribution in [-0.2, 0) is 16.6 Å². The van der Waals surface area contributed by atoms with E-state index >= 15 is 0 Å². The van der Waals surface area contributed by atoms with E-state index in [9.17, 15) is 17.6 Å². The van der Waals surface area contributed by atoms with Gasteiger partial charge in [0.05, 0.1) is 11.9 Å². The lowest BCUT2D eigenvalue weighted by atomic mass is 9.99. The highest BCUT2D eigenvalue weighted by Gasteiger charge is 2.16. The van der Waals surface area contributed by atoms with Gasteiger partial charge in [-0.15, -0.1) is 0 Å². The number of halogens is 1. The summed E-state index contributed by atoms with van der Waals surface area (Å²) in [4.78, 5) is 20.8. The van der Waals surface area contributed by atoms with Gasteiger partial charge in [-0.25, -0.2) is 22.5 Å². The van der Waals surface area contributed by atoms with Gasteiger partial charge in [-0.3, -0.25) is 9.89 Å². The van der Waals surface area contributed by atoms with Crippen LogP contribution >= 0.6 is 0 Å². The van der Waals surface area contributed by atoms with Gasteiger partial charge in [-0.1, -0.05) is 42.5 Å². The van der Waals surface area contributed by atoms with Gasteiger partial charge in [0, 0.05) is 45.8 Å². The van der Waals surface area contributed by atoms with E-state index in [-0.39, 0.29) is 12.5 Å². The van der Waals surface area contributed by atoms with Gasteiger partial charge in [0.15, 0.2) is 5.65 Å². The Morgan fingerprint density at radius 2 is 1.67 bits per heavy atom. The first-order valence-electron chi connectivity index (χ1n) is 14.4. The molecule has 228 valence electrons. The molecule has 11 heteroatoms. The van der Waals surface area contributed by atoms with Crippen molar-refractivity contribution in [1.82, 2.24) is 24.9 Å². The molecule has 0 spiro atoms.